The molecule has 0 fully saturated rings. The summed E-state index contributed by atoms with van der Waals surface area (Å²) in [5, 5.41) is 0. The highest BCUT2D eigenvalue weighted by molar-refractivity contribution is 9.10. The van der Waals surface area contributed by atoms with E-state index in [0.29, 0.717) is 0 Å². The fourth-order valence-electron chi connectivity index (χ4n) is 2.66. The Kier molecular flexibility index (Phi) is 5.20. The lowest BCUT2D eigenvalue weighted by Gasteiger charge is -2.11. The van der Waals surface area contributed by atoms with Gasteiger partial charge in [0.1, 0.15) is 5.82 Å². The number of methoxy groups -OCH3 is 2. The summed E-state index contributed by atoms with van der Waals surface area (Å²) in [7, 11) is 3.29. The van der Waals surface area contributed by atoms with Crippen molar-refractivity contribution in [1.29, 1.82) is 0 Å². The van der Waals surface area contributed by atoms with Gasteiger partial charge in [-0.2, -0.15) is 0 Å². The van der Waals surface area contributed by atoms with Crippen LogP contribution in [0.3, 0.4) is 0 Å². The Labute approximate surface area is 150 Å². The Morgan fingerprint density at radius 1 is 1.00 bits per heavy atom. The molecule has 0 saturated carbocycles. The van der Waals surface area contributed by atoms with Crippen LogP contribution in [-0.4, -0.2) is 23.8 Å². The Balaban J connectivity index is 1.81. The molecule has 1 aromatic heterocycles. The van der Waals surface area contributed by atoms with E-state index >= 15 is 0 Å². The molecular formula is C19H19BrN2O2. The number of hydrogen-bond donors (Lipinski definition) is 0. The molecule has 3 rings (SSSR count). The zero-order valence-corrected chi connectivity index (χ0v) is 15.3. The molecule has 1 heterocycles. The molecule has 0 saturated heterocycles. The summed E-state index contributed by atoms with van der Waals surface area (Å²) >= 11 is 3.52. The zero-order chi connectivity index (χ0) is 16.9. The van der Waals surface area contributed by atoms with Crippen LogP contribution in [0.4, 0.5) is 0 Å². The number of hydrogen-bond acceptors (Lipinski definition) is 3. The monoisotopic (exact) mass is 386 g/mol. The third-order valence-electron chi connectivity index (χ3n) is 3.85. The van der Waals surface area contributed by atoms with Crippen molar-refractivity contribution in [3.05, 3.63) is 76.3 Å². The first-order valence-corrected chi connectivity index (χ1v) is 8.44. The number of benzene rings is 2. The van der Waals surface area contributed by atoms with Gasteiger partial charge in [0.05, 0.1) is 14.2 Å². The summed E-state index contributed by atoms with van der Waals surface area (Å²) in [5.74, 6) is 2.49. The molecule has 3 aromatic rings. The van der Waals surface area contributed by atoms with Crippen LogP contribution in [0.1, 0.15) is 17.0 Å². The molecule has 0 atom stereocenters. The lowest BCUT2D eigenvalue weighted by Crippen LogP contribution is -2.05. The van der Waals surface area contributed by atoms with Crippen LogP contribution in [-0.2, 0) is 13.0 Å². The van der Waals surface area contributed by atoms with Crippen LogP contribution in [0.25, 0.3) is 0 Å². The standard InChI is InChI=1S/C19H19BrN2O2/c1-23-17-7-6-14(11-18(17)24-2)12-19-21-8-9-22(19)13-15-4-3-5-16(20)10-15/h3-11H,12-13H2,1-2H3. The largest absolute Gasteiger partial charge is 0.493 e. The normalized spacial score (nSPS) is 10.6. The number of rotatable bonds is 6. The van der Waals surface area contributed by atoms with E-state index in [1.165, 1.54) is 5.56 Å². The second-order valence-corrected chi connectivity index (χ2v) is 6.38. The minimum atomic E-state index is 0.735. The van der Waals surface area contributed by atoms with Gasteiger partial charge in [0.15, 0.2) is 11.5 Å². The second-order valence-electron chi connectivity index (χ2n) is 5.47. The van der Waals surface area contributed by atoms with Gasteiger partial charge in [0.25, 0.3) is 0 Å². The van der Waals surface area contributed by atoms with E-state index in [2.05, 4.69) is 37.6 Å². The first kappa shape index (κ1) is 16.6. The maximum Gasteiger partial charge on any atom is 0.161 e. The van der Waals surface area contributed by atoms with Crippen LogP contribution in [0, 0.1) is 0 Å². The third kappa shape index (κ3) is 3.79. The summed E-state index contributed by atoms with van der Waals surface area (Å²) in [4.78, 5) is 4.51. The van der Waals surface area contributed by atoms with Crippen molar-refractivity contribution in [2.45, 2.75) is 13.0 Å². The van der Waals surface area contributed by atoms with Crippen molar-refractivity contribution in [2.24, 2.45) is 0 Å². The molecule has 24 heavy (non-hydrogen) atoms. The summed E-state index contributed by atoms with van der Waals surface area (Å²) in [5.41, 5.74) is 2.37. The number of nitrogens with zero attached hydrogens (tertiary/aromatic N) is 2. The van der Waals surface area contributed by atoms with Crippen molar-refractivity contribution < 1.29 is 9.47 Å². The van der Waals surface area contributed by atoms with Crippen LogP contribution in [0.2, 0.25) is 0 Å². The fraction of sp³-hybridized carbons (Fsp3) is 0.211. The SMILES string of the molecule is COc1ccc(Cc2nccn2Cc2cccc(Br)c2)cc1OC. The highest BCUT2D eigenvalue weighted by Crippen LogP contribution is 2.28. The van der Waals surface area contributed by atoms with E-state index in [4.69, 9.17) is 9.47 Å². The molecule has 0 radical (unpaired) electrons. The van der Waals surface area contributed by atoms with Crippen molar-refractivity contribution in [1.82, 2.24) is 9.55 Å². The van der Waals surface area contributed by atoms with E-state index in [1.807, 2.05) is 42.7 Å². The van der Waals surface area contributed by atoms with E-state index < -0.39 is 0 Å². The van der Waals surface area contributed by atoms with Crippen molar-refractivity contribution in [3.8, 4) is 11.5 Å². The molecule has 0 spiro atoms. The minimum absolute atomic E-state index is 0.735. The van der Waals surface area contributed by atoms with Crippen LogP contribution >= 0.6 is 15.9 Å². The van der Waals surface area contributed by atoms with Gasteiger partial charge in [-0.15, -0.1) is 0 Å². The van der Waals surface area contributed by atoms with Gasteiger partial charge < -0.3 is 14.0 Å². The Hall–Kier alpha value is -2.27. The van der Waals surface area contributed by atoms with Gasteiger partial charge >= 0.3 is 0 Å². The summed E-state index contributed by atoms with van der Waals surface area (Å²) in [6.07, 6.45) is 4.59. The first-order chi connectivity index (χ1) is 11.7. The maximum atomic E-state index is 5.38. The van der Waals surface area contributed by atoms with Gasteiger partial charge in [-0.25, -0.2) is 4.98 Å². The van der Waals surface area contributed by atoms with Crippen LogP contribution in [0.5, 0.6) is 11.5 Å². The molecule has 0 amide bonds. The van der Waals surface area contributed by atoms with Gasteiger partial charge in [-0.3, -0.25) is 0 Å². The minimum Gasteiger partial charge on any atom is -0.493 e. The predicted molar refractivity (Wildman–Crippen MR) is 97.8 cm³/mol. The van der Waals surface area contributed by atoms with Crippen molar-refractivity contribution in [2.75, 3.05) is 14.2 Å². The van der Waals surface area contributed by atoms with E-state index in [9.17, 15) is 0 Å². The number of ether oxygens (including phenoxy) is 2. The smallest absolute Gasteiger partial charge is 0.161 e. The molecule has 2 aromatic carbocycles. The molecular weight excluding hydrogens is 368 g/mol. The van der Waals surface area contributed by atoms with E-state index in [-0.39, 0.29) is 0 Å². The average molecular weight is 387 g/mol. The second kappa shape index (κ2) is 7.53. The molecule has 124 valence electrons. The molecule has 0 N–H and O–H groups in total. The summed E-state index contributed by atoms with van der Waals surface area (Å²) < 4.78 is 13.9. The lowest BCUT2D eigenvalue weighted by molar-refractivity contribution is 0.354. The fourth-order valence-corrected chi connectivity index (χ4v) is 3.10. The molecule has 0 bridgehead atoms. The molecule has 0 aliphatic heterocycles. The van der Waals surface area contributed by atoms with E-state index in [0.717, 1.165) is 40.3 Å². The molecule has 0 unspecified atom stereocenters. The van der Waals surface area contributed by atoms with E-state index in [1.54, 1.807) is 14.2 Å². The number of aromatic nitrogens is 2. The Bertz CT molecular complexity index is 830. The first-order valence-electron chi connectivity index (χ1n) is 7.65. The quantitative estimate of drug-likeness (QED) is 0.633. The van der Waals surface area contributed by atoms with Gasteiger partial charge in [0, 0.05) is 29.8 Å². The number of halogens is 1. The highest BCUT2D eigenvalue weighted by atomic mass is 79.9. The van der Waals surface area contributed by atoms with Gasteiger partial charge in [-0.05, 0) is 35.4 Å². The van der Waals surface area contributed by atoms with Crippen molar-refractivity contribution in [3.63, 3.8) is 0 Å². The predicted octanol–water partition coefficient (Wildman–Crippen LogP) is 4.30. The lowest BCUT2D eigenvalue weighted by atomic mass is 10.1. The molecule has 0 aliphatic rings. The molecule has 5 heteroatoms. The average Bonchev–Trinajstić information content (AvgIpc) is 3.01. The maximum absolute atomic E-state index is 5.38. The molecule has 0 aliphatic carbocycles. The molecule has 4 nitrogen and oxygen atoms in total. The Morgan fingerprint density at radius 2 is 1.83 bits per heavy atom. The third-order valence-corrected chi connectivity index (χ3v) is 4.35. The van der Waals surface area contributed by atoms with Crippen LogP contribution in [0.15, 0.2) is 59.3 Å². The van der Waals surface area contributed by atoms with Crippen molar-refractivity contribution >= 4 is 15.9 Å². The highest BCUT2D eigenvalue weighted by Gasteiger charge is 2.09. The summed E-state index contributed by atoms with van der Waals surface area (Å²) in [6, 6.07) is 14.3. The van der Waals surface area contributed by atoms with Crippen LogP contribution < -0.4 is 9.47 Å². The van der Waals surface area contributed by atoms with Gasteiger partial charge in [0.2, 0.25) is 0 Å². The zero-order valence-electron chi connectivity index (χ0n) is 13.7. The number of imidazole rings is 1. The summed E-state index contributed by atoms with van der Waals surface area (Å²) in [6.45, 7) is 0.794. The topological polar surface area (TPSA) is 36.3 Å². The Morgan fingerprint density at radius 3 is 2.58 bits per heavy atom. The van der Waals surface area contributed by atoms with Gasteiger partial charge in [-0.1, -0.05) is 34.1 Å².